The molecular weight excluding hydrogens is 524 g/mol. The molecule has 2 aromatic rings. The largest absolute Gasteiger partial charge is 0.497 e. The van der Waals surface area contributed by atoms with E-state index in [-0.39, 0.29) is 4.90 Å². The summed E-state index contributed by atoms with van der Waals surface area (Å²) < 4.78 is 33.0. The highest BCUT2D eigenvalue weighted by Gasteiger charge is 2.25. The Bertz CT molecular complexity index is 1290. The van der Waals surface area contributed by atoms with Gasteiger partial charge in [-0.15, -0.1) is 0 Å². The Morgan fingerprint density at radius 1 is 1.18 bits per heavy atom. The topological polar surface area (TPSA) is 161 Å². The number of hydrogen-bond acceptors (Lipinski definition) is 9. The van der Waals surface area contributed by atoms with E-state index in [2.05, 4.69) is 30.6 Å². The first-order valence-corrected chi connectivity index (χ1v) is 14.3. The van der Waals surface area contributed by atoms with Gasteiger partial charge in [0.05, 0.1) is 18.4 Å². The number of ether oxygens (including phenoxy) is 1. The molecule has 1 atom stereocenters. The number of aliphatic imine (C=N–C) groups is 1. The lowest BCUT2D eigenvalue weighted by Crippen LogP contribution is -2.50. The van der Waals surface area contributed by atoms with E-state index in [1.165, 1.54) is 31.4 Å². The molecule has 12 nitrogen and oxygen atoms in total. The Morgan fingerprint density at radius 3 is 2.56 bits per heavy atom. The van der Waals surface area contributed by atoms with E-state index in [4.69, 9.17) is 4.74 Å². The van der Waals surface area contributed by atoms with Crippen molar-refractivity contribution in [3.8, 4) is 5.75 Å². The fraction of sp³-hybridized carbons (Fsp3) is 0.423. The van der Waals surface area contributed by atoms with Crippen molar-refractivity contribution in [3.05, 3.63) is 54.1 Å². The molecule has 2 aliphatic rings. The van der Waals surface area contributed by atoms with Gasteiger partial charge in [-0.3, -0.25) is 14.6 Å². The zero-order valence-electron chi connectivity index (χ0n) is 21.7. The normalized spacial score (nSPS) is 16.9. The first-order chi connectivity index (χ1) is 18.7. The number of guanidine groups is 1. The second-order valence-electron chi connectivity index (χ2n) is 9.39. The number of benzene rings is 2. The molecule has 2 aromatic carbocycles. The minimum Gasteiger partial charge on any atom is -0.497 e. The molecule has 1 amide bonds. The smallest absolute Gasteiger partial charge is 0.306 e. The van der Waals surface area contributed by atoms with Gasteiger partial charge in [-0.2, -0.15) is 4.72 Å². The summed E-state index contributed by atoms with van der Waals surface area (Å²) in [5.41, 5.74) is 1.16. The van der Waals surface area contributed by atoms with Crippen LogP contribution in [0.1, 0.15) is 36.0 Å². The van der Waals surface area contributed by atoms with Gasteiger partial charge in [0, 0.05) is 43.5 Å². The summed E-state index contributed by atoms with van der Waals surface area (Å²) in [5, 5.41) is 18.6. The Balaban J connectivity index is 1.38. The van der Waals surface area contributed by atoms with Gasteiger partial charge < -0.3 is 30.7 Å². The van der Waals surface area contributed by atoms with Crippen molar-refractivity contribution in [1.29, 1.82) is 0 Å². The molecule has 1 unspecified atom stereocenters. The van der Waals surface area contributed by atoms with Gasteiger partial charge in [-0.25, -0.2) is 8.42 Å². The second-order valence-corrected chi connectivity index (χ2v) is 11.1. The van der Waals surface area contributed by atoms with E-state index in [1.54, 1.807) is 18.2 Å². The van der Waals surface area contributed by atoms with Gasteiger partial charge in [0.1, 0.15) is 11.9 Å². The molecule has 0 bridgehead atoms. The minimum atomic E-state index is -4.11. The number of rotatable bonds is 10. The average Bonchev–Trinajstić information content (AvgIpc) is 2.93. The van der Waals surface area contributed by atoms with Gasteiger partial charge in [0.15, 0.2) is 5.96 Å². The highest BCUT2D eigenvalue weighted by atomic mass is 32.2. The van der Waals surface area contributed by atoms with Crippen molar-refractivity contribution in [2.75, 3.05) is 38.2 Å². The fourth-order valence-electron chi connectivity index (χ4n) is 4.50. The van der Waals surface area contributed by atoms with E-state index >= 15 is 0 Å². The van der Waals surface area contributed by atoms with Crippen molar-refractivity contribution in [1.82, 2.24) is 20.7 Å². The number of piperidine rings is 1. The number of carbonyl (C=O) groups excluding carboxylic acids is 1. The molecule has 2 heterocycles. The molecule has 39 heavy (non-hydrogen) atoms. The predicted molar refractivity (Wildman–Crippen MR) is 147 cm³/mol. The summed E-state index contributed by atoms with van der Waals surface area (Å²) in [4.78, 5) is 31.0. The van der Waals surface area contributed by atoms with Crippen LogP contribution in [0.3, 0.4) is 0 Å². The zero-order valence-corrected chi connectivity index (χ0v) is 22.5. The maximum atomic E-state index is 13.0. The maximum absolute atomic E-state index is 13.0. The SMILES string of the molecule is COc1ccc(S(=O)(=O)NC(CC(=O)O)NC(=O)c2cccc(N3CCC(NC4=NCCCN4)CC3)c2)cc1. The van der Waals surface area contributed by atoms with Crippen LogP contribution in [0.5, 0.6) is 5.75 Å². The van der Waals surface area contributed by atoms with Crippen LogP contribution in [0.15, 0.2) is 58.4 Å². The Morgan fingerprint density at radius 2 is 1.92 bits per heavy atom. The van der Waals surface area contributed by atoms with Crippen molar-refractivity contribution in [3.63, 3.8) is 0 Å². The molecule has 5 N–H and O–H groups in total. The molecule has 0 aromatic heterocycles. The number of aliphatic carboxylic acids is 1. The number of carboxylic acids is 1. The van der Waals surface area contributed by atoms with E-state index < -0.39 is 34.5 Å². The molecule has 0 saturated carbocycles. The molecule has 2 aliphatic heterocycles. The Kier molecular flexibility index (Phi) is 9.25. The van der Waals surface area contributed by atoms with Gasteiger partial charge in [0.2, 0.25) is 10.0 Å². The third kappa shape index (κ3) is 7.83. The lowest BCUT2D eigenvalue weighted by molar-refractivity contribution is -0.137. The predicted octanol–water partition coefficient (Wildman–Crippen LogP) is 1.11. The molecule has 0 radical (unpaired) electrons. The number of nitrogens with zero attached hydrogens (tertiary/aromatic N) is 2. The summed E-state index contributed by atoms with van der Waals surface area (Å²) in [6.45, 7) is 3.34. The van der Waals surface area contributed by atoms with Crippen LogP contribution in [-0.2, 0) is 14.8 Å². The van der Waals surface area contributed by atoms with Crippen molar-refractivity contribution >= 4 is 33.5 Å². The van der Waals surface area contributed by atoms with Crippen molar-refractivity contribution < 1.29 is 27.9 Å². The van der Waals surface area contributed by atoms with Gasteiger partial charge in [-0.05, 0) is 61.7 Å². The summed E-state index contributed by atoms with van der Waals surface area (Å²) in [5.74, 6) is -0.520. The molecule has 1 fully saturated rings. The zero-order chi connectivity index (χ0) is 27.8. The Hall–Kier alpha value is -3.84. The van der Waals surface area contributed by atoms with E-state index in [9.17, 15) is 23.1 Å². The summed E-state index contributed by atoms with van der Waals surface area (Å²) >= 11 is 0. The van der Waals surface area contributed by atoms with E-state index in [0.29, 0.717) is 17.4 Å². The second kappa shape index (κ2) is 12.8. The van der Waals surface area contributed by atoms with Crippen LogP contribution in [0.2, 0.25) is 0 Å². The maximum Gasteiger partial charge on any atom is 0.306 e. The average molecular weight is 559 g/mol. The van der Waals surface area contributed by atoms with Crippen molar-refractivity contribution in [2.45, 2.75) is 42.8 Å². The van der Waals surface area contributed by atoms with Crippen molar-refractivity contribution in [2.24, 2.45) is 4.99 Å². The number of sulfonamides is 1. The van der Waals surface area contributed by atoms with Crippen LogP contribution >= 0.6 is 0 Å². The first-order valence-electron chi connectivity index (χ1n) is 12.8. The number of carboxylic acid groups (broad SMARTS) is 1. The summed E-state index contributed by atoms with van der Waals surface area (Å²) in [6.07, 6.45) is 0.861. The van der Waals surface area contributed by atoms with E-state index in [0.717, 1.165) is 57.1 Å². The number of methoxy groups -OCH3 is 1. The molecule has 1 saturated heterocycles. The molecule has 0 spiro atoms. The number of hydrogen-bond donors (Lipinski definition) is 5. The van der Waals surface area contributed by atoms with Crippen LogP contribution in [-0.4, -0.2) is 76.9 Å². The number of nitrogens with one attached hydrogen (secondary N) is 4. The minimum absolute atomic E-state index is 0.0841. The molecule has 4 rings (SSSR count). The van der Waals surface area contributed by atoms with E-state index in [1.807, 2.05) is 6.07 Å². The first kappa shape index (κ1) is 28.2. The quantitative estimate of drug-likeness (QED) is 0.269. The number of amides is 1. The van der Waals surface area contributed by atoms with Crippen LogP contribution in [0, 0.1) is 0 Å². The highest BCUT2D eigenvalue weighted by molar-refractivity contribution is 7.89. The third-order valence-electron chi connectivity index (χ3n) is 6.56. The molecule has 13 heteroatoms. The molecule has 0 aliphatic carbocycles. The third-order valence-corrected chi connectivity index (χ3v) is 8.05. The molecular formula is C26H34N6O6S. The van der Waals surface area contributed by atoms with Gasteiger partial charge in [-0.1, -0.05) is 6.07 Å². The number of carbonyl (C=O) groups is 2. The van der Waals surface area contributed by atoms with Crippen LogP contribution in [0.4, 0.5) is 5.69 Å². The van der Waals surface area contributed by atoms with Gasteiger partial charge >= 0.3 is 5.97 Å². The van der Waals surface area contributed by atoms with Crippen LogP contribution < -0.4 is 30.3 Å². The molecule has 210 valence electrons. The lowest BCUT2D eigenvalue weighted by Gasteiger charge is -2.35. The summed E-state index contributed by atoms with van der Waals surface area (Å²) in [7, 11) is -2.65. The lowest BCUT2D eigenvalue weighted by atomic mass is 10.0. The van der Waals surface area contributed by atoms with Gasteiger partial charge in [0.25, 0.3) is 5.91 Å². The Labute approximate surface area is 227 Å². The van der Waals surface area contributed by atoms with Crippen LogP contribution in [0.25, 0.3) is 0 Å². The standard InChI is InChI=1S/C26H34N6O6S/c1-38-21-6-8-22(9-7-21)39(36,37)31-23(17-24(33)34)30-25(35)18-4-2-5-20(16-18)32-14-10-19(11-15-32)29-26-27-12-3-13-28-26/h2,4-9,16,19,23,31H,3,10-15,17H2,1H3,(H,30,35)(H,33,34)(H2,27,28,29). The summed E-state index contributed by atoms with van der Waals surface area (Å²) in [6, 6.07) is 12.9. The number of anilines is 1. The fourth-order valence-corrected chi connectivity index (χ4v) is 5.64. The highest BCUT2D eigenvalue weighted by Crippen LogP contribution is 2.22. The monoisotopic (exact) mass is 558 g/mol.